The first-order valence-corrected chi connectivity index (χ1v) is 4.11. The van der Waals surface area contributed by atoms with Crippen molar-refractivity contribution in [3.63, 3.8) is 0 Å². The van der Waals surface area contributed by atoms with Crippen LogP contribution in [-0.4, -0.2) is 29.8 Å². The Morgan fingerprint density at radius 1 is 1.58 bits per heavy atom. The molecule has 72 valence electrons. The molecular formula is C8H17NO3. The zero-order valence-electron chi connectivity index (χ0n) is 7.78. The van der Waals surface area contributed by atoms with Crippen molar-refractivity contribution >= 4 is 5.97 Å². The fourth-order valence-corrected chi connectivity index (χ4v) is 0.749. The highest BCUT2D eigenvalue weighted by molar-refractivity contribution is 5.75. The first kappa shape index (κ1) is 11.4. The molecule has 3 N–H and O–H groups in total. The number of aliphatic hydroxyl groups is 1. The number of rotatable bonds is 4. The minimum atomic E-state index is -1.20. The van der Waals surface area contributed by atoms with E-state index in [-0.39, 0.29) is 12.5 Å². The fourth-order valence-electron chi connectivity index (χ4n) is 0.749. The quantitative estimate of drug-likeness (QED) is 0.585. The van der Waals surface area contributed by atoms with Gasteiger partial charge in [0.1, 0.15) is 0 Å². The molecule has 0 saturated heterocycles. The van der Waals surface area contributed by atoms with Crippen molar-refractivity contribution in [3.05, 3.63) is 0 Å². The molecule has 0 heterocycles. The molecule has 0 aliphatic carbocycles. The van der Waals surface area contributed by atoms with Gasteiger partial charge in [-0.3, -0.25) is 0 Å². The van der Waals surface area contributed by atoms with Gasteiger partial charge in [0, 0.05) is 6.04 Å². The van der Waals surface area contributed by atoms with Crippen LogP contribution in [0, 0.1) is 5.92 Å². The summed E-state index contributed by atoms with van der Waals surface area (Å²) in [5.74, 6) is -0.580. The lowest BCUT2D eigenvalue weighted by Crippen LogP contribution is -2.44. The van der Waals surface area contributed by atoms with E-state index < -0.39 is 18.1 Å². The van der Waals surface area contributed by atoms with Crippen molar-refractivity contribution in [1.29, 1.82) is 0 Å². The summed E-state index contributed by atoms with van der Waals surface area (Å²) in [4.78, 5) is 10.9. The summed E-state index contributed by atoms with van der Waals surface area (Å²) in [5, 5.41) is 9.29. The highest BCUT2D eigenvalue weighted by Gasteiger charge is 2.26. The van der Waals surface area contributed by atoms with Crippen molar-refractivity contribution in [2.24, 2.45) is 11.7 Å². The average molecular weight is 175 g/mol. The number of carbonyl (C=O) groups excluding carboxylic acids is 1. The molecule has 0 bridgehead atoms. The Balaban J connectivity index is 4.00. The van der Waals surface area contributed by atoms with E-state index in [9.17, 15) is 9.90 Å². The predicted octanol–water partition coefficient (Wildman–Crippen LogP) is -0.106. The van der Waals surface area contributed by atoms with Crippen LogP contribution in [0.5, 0.6) is 0 Å². The van der Waals surface area contributed by atoms with E-state index in [2.05, 4.69) is 4.74 Å². The molecule has 0 aliphatic heterocycles. The van der Waals surface area contributed by atoms with Crippen LogP contribution >= 0.6 is 0 Å². The highest BCUT2D eigenvalue weighted by Crippen LogP contribution is 2.04. The summed E-state index contributed by atoms with van der Waals surface area (Å²) < 4.78 is 4.61. The van der Waals surface area contributed by atoms with E-state index in [4.69, 9.17) is 5.73 Å². The van der Waals surface area contributed by atoms with Gasteiger partial charge in [0.2, 0.25) is 0 Å². The first-order valence-electron chi connectivity index (χ1n) is 4.11. The van der Waals surface area contributed by atoms with Gasteiger partial charge in [-0.15, -0.1) is 0 Å². The number of aliphatic hydroxyl groups excluding tert-OH is 1. The monoisotopic (exact) mass is 175 g/mol. The molecule has 2 unspecified atom stereocenters. The maximum absolute atomic E-state index is 10.9. The number of ether oxygens (including phenoxy) is 1. The zero-order valence-corrected chi connectivity index (χ0v) is 7.78. The van der Waals surface area contributed by atoms with Crippen molar-refractivity contribution < 1.29 is 14.6 Å². The van der Waals surface area contributed by atoms with Crippen molar-refractivity contribution in [1.82, 2.24) is 0 Å². The maximum atomic E-state index is 10.9. The molecule has 12 heavy (non-hydrogen) atoms. The minimum Gasteiger partial charge on any atom is -0.464 e. The molecule has 0 aromatic heterocycles. The summed E-state index contributed by atoms with van der Waals surface area (Å²) in [6, 6.07) is -0.552. The Hall–Kier alpha value is -0.610. The Kier molecular flexibility index (Phi) is 4.85. The summed E-state index contributed by atoms with van der Waals surface area (Å²) in [7, 11) is 0. The minimum absolute atomic E-state index is 0.0596. The second kappa shape index (κ2) is 5.11. The number of esters is 1. The normalized spacial score (nSPS) is 15.8. The van der Waals surface area contributed by atoms with Crippen molar-refractivity contribution in [3.8, 4) is 0 Å². The van der Waals surface area contributed by atoms with E-state index >= 15 is 0 Å². The van der Waals surface area contributed by atoms with E-state index in [0.29, 0.717) is 0 Å². The molecule has 2 atom stereocenters. The molecule has 4 nitrogen and oxygen atoms in total. The van der Waals surface area contributed by atoms with Gasteiger partial charge in [-0.25, -0.2) is 4.79 Å². The molecule has 0 saturated carbocycles. The number of nitrogens with two attached hydrogens (primary N) is 1. The Labute approximate surface area is 72.7 Å². The van der Waals surface area contributed by atoms with Gasteiger partial charge < -0.3 is 15.6 Å². The van der Waals surface area contributed by atoms with Gasteiger partial charge in [0.25, 0.3) is 0 Å². The molecule has 0 aliphatic rings. The standard InChI is InChI=1S/C8H17NO3/c1-4-12-8(11)7(10)6(9)5(2)3/h5-7,10H,4,9H2,1-3H3. The van der Waals surface area contributed by atoms with Gasteiger partial charge in [-0.2, -0.15) is 0 Å². The van der Waals surface area contributed by atoms with Gasteiger partial charge >= 0.3 is 5.97 Å². The van der Waals surface area contributed by atoms with Gasteiger partial charge in [0.05, 0.1) is 6.61 Å². The lowest BCUT2D eigenvalue weighted by atomic mass is 10.00. The van der Waals surface area contributed by atoms with Crippen molar-refractivity contribution in [2.75, 3.05) is 6.61 Å². The molecule has 0 radical (unpaired) electrons. The van der Waals surface area contributed by atoms with Crippen LogP contribution in [0.1, 0.15) is 20.8 Å². The van der Waals surface area contributed by atoms with Crippen LogP contribution in [0.25, 0.3) is 0 Å². The van der Waals surface area contributed by atoms with Crippen LogP contribution in [0.3, 0.4) is 0 Å². The Bertz CT molecular complexity index is 147. The van der Waals surface area contributed by atoms with Gasteiger partial charge in [-0.1, -0.05) is 13.8 Å². The molecule has 0 spiro atoms. The van der Waals surface area contributed by atoms with Crippen LogP contribution in [-0.2, 0) is 9.53 Å². The number of carbonyl (C=O) groups is 1. The second-order valence-electron chi connectivity index (χ2n) is 3.02. The van der Waals surface area contributed by atoms with Crippen LogP contribution in [0.4, 0.5) is 0 Å². The molecule has 0 aromatic rings. The fraction of sp³-hybridized carbons (Fsp3) is 0.875. The van der Waals surface area contributed by atoms with Gasteiger partial charge in [-0.05, 0) is 12.8 Å². The lowest BCUT2D eigenvalue weighted by molar-refractivity contribution is -0.154. The highest BCUT2D eigenvalue weighted by atomic mass is 16.5. The molecule has 0 amide bonds. The number of hydrogen-bond donors (Lipinski definition) is 2. The zero-order chi connectivity index (χ0) is 9.72. The van der Waals surface area contributed by atoms with E-state index in [1.54, 1.807) is 6.92 Å². The summed E-state index contributed by atoms with van der Waals surface area (Å²) in [6.45, 7) is 5.63. The van der Waals surface area contributed by atoms with Crippen LogP contribution < -0.4 is 5.73 Å². The Morgan fingerprint density at radius 3 is 2.42 bits per heavy atom. The maximum Gasteiger partial charge on any atom is 0.336 e. The van der Waals surface area contributed by atoms with Crippen LogP contribution in [0.2, 0.25) is 0 Å². The molecule has 4 heteroatoms. The Morgan fingerprint density at radius 2 is 2.08 bits per heavy atom. The predicted molar refractivity (Wildman–Crippen MR) is 45.5 cm³/mol. The summed E-state index contributed by atoms with van der Waals surface area (Å²) in [5.41, 5.74) is 5.54. The average Bonchev–Trinajstić information content (AvgIpc) is 2.02. The molecular weight excluding hydrogens is 158 g/mol. The smallest absolute Gasteiger partial charge is 0.336 e. The number of hydrogen-bond acceptors (Lipinski definition) is 4. The summed E-state index contributed by atoms with van der Waals surface area (Å²) >= 11 is 0. The van der Waals surface area contributed by atoms with Crippen LogP contribution in [0.15, 0.2) is 0 Å². The van der Waals surface area contributed by atoms with E-state index in [1.807, 2.05) is 13.8 Å². The largest absolute Gasteiger partial charge is 0.464 e. The topological polar surface area (TPSA) is 72.5 Å². The molecule has 0 rings (SSSR count). The van der Waals surface area contributed by atoms with E-state index in [0.717, 1.165) is 0 Å². The van der Waals surface area contributed by atoms with Gasteiger partial charge in [0.15, 0.2) is 6.10 Å². The third-order valence-corrected chi connectivity index (χ3v) is 1.66. The molecule has 0 aromatic carbocycles. The van der Waals surface area contributed by atoms with E-state index in [1.165, 1.54) is 0 Å². The third kappa shape index (κ3) is 3.19. The van der Waals surface area contributed by atoms with Crippen molar-refractivity contribution in [2.45, 2.75) is 32.9 Å². The lowest BCUT2D eigenvalue weighted by Gasteiger charge is -2.20. The SMILES string of the molecule is CCOC(=O)C(O)C(N)C(C)C. The third-order valence-electron chi connectivity index (χ3n) is 1.66. The molecule has 0 fully saturated rings. The summed E-state index contributed by atoms with van der Waals surface area (Å²) in [6.07, 6.45) is -1.20. The first-order chi connectivity index (χ1) is 5.50. The second-order valence-corrected chi connectivity index (χ2v) is 3.02.